The van der Waals surface area contributed by atoms with Crippen LogP contribution in [0.1, 0.15) is 40.0 Å². The van der Waals surface area contributed by atoms with Crippen LogP contribution >= 0.6 is 0 Å². The molecule has 2 atom stereocenters. The average molecular weight is 626 g/mol. The number of rotatable bonds is 7. The average Bonchev–Trinajstić information content (AvgIpc) is 3.54. The molecule has 5 nitrogen and oxygen atoms in total. The van der Waals surface area contributed by atoms with E-state index in [9.17, 15) is 0 Å². The molecule has 2 aliphatic heterocycles. The minimum absolute atomic E-state index is 0.0262. The number of fused-ring (bicyclic) bond motifs is 1. The van der Waals surface area contributed by atoms with Crippen LogP contribution in [0.2, 0.25) is 0 Å². The number of hydrogen-bond acceptors (Lipinski definition) is 5. The number of nitrogens with zero attached hydrogens (tertiary/aromatic N) is 2. The number of aryl methyl sites for hydroxylation is 2. The molecule has 0 amide bonds. The standard InChI is InChI=1S/C43H39N5/c1-30-12-6-9-17-40(30)47(41-18-10-7-13-31(41)2)36-26-24-33(25-27-36)39-29-44-38(28-45-39)32-20-22-34(23-21-32)43-46-37-16-8-11-19-42(37)48(43)35-14-4-3-5-15-35/h3-27,29,38,43-46H,28H2,1-2H3. The molecule has 8 rings (SSSR count). The van der Waals surface area contributed by atoms with E-state index in [1.807, 2.05) is 0 Å². The van der Waals surface area contributed by atoms with Gasteiger partial charge in [0.2, 0.25) is 0 Å². The molecule has 0 saturated heterocycles. The largest absolute Gasteiger partial charge is 0.381 e. The van der Waals surface area contributed by atoms with Crippen LogP contribution in [0.25, 0.3) is 5.70 Å². The van der Waals surface area contributed by atoms with Gasteiger partial charge in [-0.3, -0.25) is 0 Å². The Morgan fingerprint density at radius 1 is 0.604 bits per heavy atom. The van der Waals surface area contributed by atoms with Gasteiger partial charge in [-0.05, 0) is 90.2 Å². The van der Waals surface area contributed by atoms with Gasteiger partial charge in [0.1, 0.15) is 6.17 Å². The molecule has 6 aromatic carbocycles. The molecule has 0 spiro atoms. The first kappa shape index (κ1) is 29.5. The van der Waals surface area contributed by atoms with Crippen molar-refractivity contribution >= 4 is 39.8 Å². The van der Waals surface area contributed by atoms with Crippen molar-refractivity contribution in [1.82, 2.24) is 10.6 Å². The van der Waals surface area contributed by atoms with E-state index < -0.39 is 0 Å². The molecule has 0 fully saturated rings. The van der Waals surface area contributed by atoms with E-state index in [4.69, 9.17) is 0 Å². The topological polar surface area (TPSA) is 42.6 Å². The summed E-state index contributed by atoms with van der Waals surface area (Å²) in [5, 5.41) is 11.1. The molecule has 2 unspecified atom stereocenters. The van der Waals surface area contributed by atoms with E-state index in [-0.39, 0.29) is 12.2 Å². The van der Waals surface area contributed by atoms with E-state index >= 15 is 0 Å². The van der Waals surface area contributed by atoms with Crippen molar-refractivity contribution in [3.63, 3.8) is 0 Å². The van der Waals surface area contributed by atoms with Gasteiger partial charge >= 0.3 is 0 Å². The monoisotopic (exact) mass is 625 g/mol. The van der Waals surface area contributed by atoms with Crippen molar-refractivity contribution in [2.24, 2.45) is 0 Å². The van der Waals surface area contributed by atoms with Crippen molar-refractivity contribution < 1.29 is 0 Å². The van der Waals surface area contributed by atoms with Gasteiger partial charge in [-0.25, -0.2) is 0 Å². The SMILES string of the molecule is Cc1ccccc1N(c1ccc(C2=CNC(c3ccc(C4Nc5ccccc5N4c4ccccc4)cc3)CN2)cc1)c1ccccc1C. The summed E-state index contributed by atoms with van der Waals surface area (Å²) in [5.41, 5.74) is 14.2. The zero-order valence-corrected chi connectivity index (χ0v) is 27.3. The van der Waals surface area contributed by atoms with Crippen molar-refractivity contribution in [3.8, 4) is 0 Å². The first-order valence-corrected chi connectivity index (χ1v) is 16.7. The Bertz CT molecular complexity index is 2020. The summed E-state index contributed by atoms with van der Waals surface area (Å²) in [4.78, 5) is 4.74. The number of anilines is 6. The van der Waals surface area contributed by atoms with Crippen LogP contribution in [0, 0.1) is 13.8 Å². The van der Waals surface area contributed by atoms with Crippen LogP contribution in [-0.2, 0) is 0 Å². The second-order valence-corrected chi connectivity index (χ2v) is 12.5. The lowest BCUT2D eigenvalue weighted by Gasteiger charge is -2.29. The van der Waals surface area contributed by atoms with Gasteiger partial charge in [0.15, 0.2) is 0 Å². The number of nitrogens with one attached hydrogen (secondary N) is 3. The molecule has 5 heteroatoms. The lowest BCUT2D eigenvalue weighted by molar-refractivity contribution is 0.573. The number of hydrogen-bond donors (Lipinski definition) is 3. The quantitative estimate of drug-likeness (QED) is 0.165. The zero-order valence-electron chi connectivity index (χ0n) is 27.3. The van der Waals surface area contributed by atoms with Crippen LogP contribution < -0.4 is 25.8 Å². The van der Waals surface area contributed by atoms with Crippen molar-refractivity contribution in [2.75, 3.05) is 21.7 Å². The van der Waals surface area contributed by atoms with E-state index in [0.717, 1.165) is 29.2 Å². The van der Waals surface area contributed by atoms with E-state index in [1.54, 1.807) is 0 Å². The third-order valence-corrected chi connectivity index (χ3v) is 9.48. The second kappa shape index (κ2) is 12.7. The van der Waals surface area contributed by atoms with E-state index in [2.05, 4.69) is 197 Å². The Hall–Kier alpha value is -5.94. The van der Waals surface area contributed by atoms with Crippen molar-refractivity contribution in [2.45, 2.75) is 26.1 Å². The van der Waals surface area contributed by atoms with Crippen molar-refractivity contribution in [1.29, 1.82) is 0 Å². The van der Waals surface area contributed by atoms with Gasteiger partial charge in [-0.1, -0.05) is 103 Å². The summed E-state index contributed by atoms with van der Waals surface area (Å²) in [7, 11) is 0. The first-order valence-electron chi connectivity index (χ1n) is 16.7. The molecule has 0 bridgehead atoms. The normalized spacial score (nSPS) is 16.6. The fourth-order valence-corrected chi connectivity index (χ4v) is 6.91. The maximum atomic E-state index is 3.74. The number of benzene rings is 6. The molecule has 0 aliphatic carbocycles. The molecule has 6 aromatic rings. The highest BCUT2D eigenvalue weighted by molar-refractivity contribution is 5.83. The highest BCUT2D eigenvalue weighted by atomic mass is 15.3. The van der Waals surface area contributed by atoms with Crippen LogP contribution in [0.5, 0.6) is 0 Å². The highest BCUT2D eigenvalue weighted by Crippen LogP contribution is 2.46. The highest BCUT2D eigenvalue weighted by Gasteiger charge is 2.31. The van der Waals surface area contributed by atoms with Crippen LogP contribution in [0.4, 0.5) is 34.1 Å². The third-order valence-electron chi connectivity index (χ3n) is 9.48. The van der Waals surface area contributed by atoms with Gasteiger partial charge in [-0.15, -0.1) is 0 Å². The Kier molecular flexibility index (Phi) is 7.79. The van der Waals surface area contributed by atoms with E-state index in [1.165, 1.54) is 45.0 Å². The van der Waals surface area contributed by atoms with Gasteiger partial charge in [-0.2, -0.15) is 0 Å². The molecule has 2 heterocycles. The summed E-state index contributed by atoms with van der Waals surface area (Å²) < 4.78 is 0. The fraction of sp³-hybridized carbons (Fsp3) is 0.116. The zero-order chi connectivity index (χ0) is 32.5. The lowest BCUT2D eigenvalue weighted by atomic mass is 10.0. The minimum atomic E-state index is 0.0262. The van der Waals surface area contributed by atoms with Crippen LogP contribution in [0.3, 0.4) is 0 Å². The molecule has 48 heavy (non-hydrogen) atoms. The Balaban J connectivity index is 0.993. The predicted octanol–water partition coefficient (Wildman–Crippen LogP) is 10.3. The lowest BCUT2D eigenvalue weighted by Crippen LogP contribution is -2.34. The number of para-hydroxylation sites is 5. The molecule has 0 aromatic heterocycles. The van der Waals surface area contributed by atoms with E-state index in [0.29, 0.717) is 0 Å². The Labute approximate surface area is 283 Å². The van der Waals surface area contributed by atoms with Gasteiger partial charge < -0.3 is 25.8 Å². The first-order chi connectivity index (χ1) is 23.6. The predicted molar refractivity (Wildman–Crippen MR) is 200 cm³/mol. The van der Waals surface area contributed by atoms with Gasteiger partial charge in [0.25, 0.3) is 0 Å². The molecular weight excluding hydrogens is 587 g/mol. The molecule has 0 radical (unpaired) electrons. The minimum Gasteiger partial charge on any atom is -0.381 e. The molecular formula is C43H39N5. The Morgan fingerprint density at radius 2 is 1.21 bits per heavy atom. The summed E-state index contributed by atoms with van der Waals surface area (Å²) in [5.74, 6) is 0. The molecule has 3 N–H and O–H groups in total. The third kappa shape index (κ3) is 5.54. The maximum absolute atomic E-state index is 3.74. The van der Waals surface area contributed by atoms with Crippen LogP contribution in [-0.4, -0.2) is 6.54 Å². The maximum Gasteiger partial charge on any atom is 0.130 e. The summed E-state index contributed by atoms with van der Waals surface area (Å²) in [6.45, 7) is 5.14. The Morgan fingerprint density at radius 3 is 1.85 bits per heavy atom. The molecule has 2 aliphatic rings. The van der Waals surface area contributed by atoms with Gasteiger partial charge in [0.05, 0.1) is 23.1 Å². The molecule has 236 valence electrons. The summed E-state index contributed by atoms with van der Waals surface area (Å²) >= 11 is 0. The van der Waals surface area contributed by atoms with Crippen molar-refractivity contribution in [3.05, 3.63) is 186 Å². The van der Waals surface area contributed by atoms with Crippen LogP contribution in [0.15, 0.2) is 158 Å². The molecule has 0 saturated carbocycles. The second-order valence-electron chi connectivity index (χ2n) is 12.5. The van der Waals surface area contributed by atoms with Gasteiger partial charge in [0, 0.05) is 35.5 Å². The summed E-state index contributed by atoms with van der Waals surface area (Å²) in [6.07, 6.45) is 2.14. The fourth-order valence-electron chi connectivity index (χ4n) is 6.91. The smallest absolute Gasteiger partial charge is 0.130 e. The summed E-state index contributed by atoms with van der Waals surface area (Å²) in [6, 6.07) is 54.3.